The number of thiol groups is 2. The van der Waals surface area contributed by atoms with E-state index in [9.17, 15) is 9.59 Å². The molecule has 1 heterocycles. The fourth-order valence-corrected chi connectivity index (χ4v) is 1.45. The maximum Gasteiger partial charge on any atom is 0.244 e. The van der Waals surface area contributed by atoms with Gasteiger partial charge >= 0.3 is 0 Å². The van der Waals surface area contributed by atoms with Crippen molar-refractivity contribution in [1.82, 2.24) is 10.6 Å². The topological polar surface area (TPSA) is 58.2 Å². The van der Waals surface area contributed by atoms with E-state index in [2.05, 4.69) is 35.9 Å². The van der Waals surface area contributed by atoms with Gasteiger partial charge in [0.15, 0.2) is 0 Å². The molecule has 1 saturated heterocycles. The van der Waals surface area contributed by atoms with Gasteiger partial charge in [0.05, 0.1) is 0 Å². The largest absolute Gasteiger partial charge is 0.342 e. The number of hydrogen-bond donors (Lipinski definition) is 4. The van der Waals surface area contributed by atoms with Gasteiger partial charge in [0.1, 0.15) is 12.1 Å². The van der Waals surface area contributed by atoms with Gasteiger partial charge in [-0.05, 0) is 0 Å². The molecule has 1 rings (SSSR count). The molecule has 68 valence electrons. The summed E-state index contributed by atoms with van der Waals surface area (Å²) in [6.07, 6.45) is 0. The molecule has 2 N–H and O–H groups in total. The van der Waals surface area contributed by atoms with Crippen molar-refractivity contribution in [2.24, 2.45) is 0 Å². The lowest BCUT2D eigenvalue weighted by molar-refractivity contribution is -0.135. The highest BCUT2D eigenvalue weighted by Gasteiger charge is 2.31. The molecule has 1 aliphatic rings. The second-order valence-electron chi connectivity index (χ2n) is 2.49. The molecule has 0 aromatic rings. The molecule has 2 atom stereocenters. The molecule has 1 aliphatic heterocycles. The van der Waals surface area contributed by atoms with Crippen molar-refractivity contribution >= 4 is 37.1 Å². The van der Waals surface area contributed by atoms with Crippen molar-refractivity contribution in [2.45, 2.75) is 12.1 Å². The zero-order valence-electron chi connectivity index (χ0n) is 6.28. The Morgan fingerprint density at radius 2 is 1.33 bits per heavy atom. The molecule has 4 nitrogen and oxygen atoms in total. The molecule has 6 heteroatoms. The monoisotopic (exact) mass is 206 g/mol. The van der Waals surface area contributed by atoms with Crippen LogP contribution in [-0.4, -0.2) is 35.4 Å². The quantitative estimate of drug-likeness (QED) is 0.430. The average molecular weight is 206 g/mol. The molecule has 0 unspecified atom stereocenters. The maximum atomic E-state index is 11.1. The summed E-state index contributed by atoms with van der Waals surface area (Å²) in [5.41, 5.74) is 0. The number of piperazine rings is 1. The summed E-state index contributed by atoms with van der Waals surface area (Å²) < 4.78 is 0. The smallest absolute Gasteiger partial charge is 0.244 e. The molecular weight excluding hydrogens is 196 g/mol. The van der Waals surface area contributed by atoms with Gasteiger partial charge in [0.25, 0.3) is 0 Å². The molecule has 0 saturated carbocycles. The summed E-state index contributed by atoms with van der Waals surface area (Å²) in [6, 6.07) is -1.01. The van der Waals surface area contributed by atoms with E-state index in [0.717, 1.165) is 0 Å². The Balaban J connectivity index is 2.61. The third-order valence-corrected chi connectivity index (χ3v) is 2.36. The number of carbonyl (C=O) groups excluding carboxylic acids is 2. The number of carbonyl (C=O) groups is 2. The summed E-state index contributed by atoms with van der Waals surface area (Å²) >= 11 is 7.86. The minimum atomic E-state index is -0.503. The molecule has 2 amide bonds. The van der Waals surface area contributed by atoms with Crippen LogP contribution < -0.4 is 10.6 Å². The molecule has 0 aromatic heterocycles. The van der Waals surface area contributed by atoms with Crippen LogP contribution in [0.2, 0.25) is 0 Å². The van der Waals surface area contributed by atoms with Crippen LogP contribution in [0, 0.1) is 0 Å². The summed E-state index contributed by atoms with van der Waals surface area (Å²) in [6.45, 7) is 0. The highest BCUT2D eigenvalue weighted by Crippen LogP contribution is 2.00. The fourth-order valence-electron chi connectivity index (χ4n) is 0.933. The van der Waals surface area contributed by atoms with Gasteiger partial charge in [-0.25, -0.2) is 0 Å². The third-order valence-electron chi connectivity index (χ3n) is 1.63. The van der Waals surface area contributed by atoms with Crippen LogP contribution in [0.1, 0.15) is 0 Å². The minimum absolute atomic E-state index is 0.191. The Labute approximate surface area is 81.3 Å². The molecular formula is C6H10N2O2S2. The number of rotatable bonds is 2. The standard InChI is InChI=1S/C6H10N2O2S2/c9-5-3(1-11)7-6(10)4(2-12)8-5/h3-4,11-12H,1-2H2,(H,7,10)(H,8,9)/t3-,4+. The van der Waals surface area contributed by atoms with Crippen molar-refractivity contribution in [3.8, 4) is 0 Å². The van der Waals surface area contributed by atoms with Crippen LogP contribution in [0.5, 0.6) is 0 Å². The van der Waals surface area contributed by atoms with Crippen molar-refractivity contribution in [2.75, 3.05) is 11.5 Å². The Morgan fingerprint density at radius 1 is 1.00 bits per heavy atom. The fraction of sp³-hybridized carbons (Fsp3) is 0.667. The van der Waals surface area contributed by atoms with Crippen molar-refractivity contribution in [3.63, 3.8) is 0 Å². The molecule has 1 fully saturated rings. The molecule has 0 aliphatic carbocycles. The Morgan fingerprint density at radius 3 is 1.58 bits per heavy atom. The van der Waals surface area contributed by atoms with E-state index in [0.29, 0.717) is 11.5 Å². The maximum absolute atomic E-state index is 11.1. The molecule has 0 radical (unpaired) electrons. The average Bonchev–Trinajstić information content (AvgIpc) is 2.08. The lowest BCUT2D eigenvalue weighted by atomic mass is 10.2. The van der Waals surface area contributed by atoms with Crippen molar-refractivity contribution < 1.29 is 9.59 Å². The van der Waals surface area contributed by atoms with Gasteiger partial charge < -0.3 is 10.6 Å². The van der Waals surface area contributed by atoms with E-state index in [-0.39, 0.29) is 11.8 Å². The molecule has 0 spiro atoms. The summed E-state index contributed by atoms with van der Waals surface area (Å²) in [7, 11) is 0. The van der Waals surface area contributed by atoms with Gasteiger partial charge in [-0.2, -0.15) is 25.3 Å². The van der Waals surface area contributed by atoms with Gasteiger partial charge in [-0.1, -0.05) is 0 Å². The van der Waals surface area contributed by atoms with Crippen molar-refractivity contribution in [3.05, 3.63) is 0 Å². The van der Waals surface area contributed by atoms with Gasteiger partial charge in [-0.3, -0.25) is 9.59 Å². The van der Waals surface area contributed by atoms with E-state index in [1.54, 1.807) is 0 Å². The number of amides is 2. The predicted octanol–water partition coefficient (Wildman–Crippen LogP) is -1.17. The normalized spacial score (nSPS) is 29.5. The highest BCUT2D eigenvalue weighted by atomic mass is 32.1. The minimum Gasteiger partial charge on any atom is -0.342 e. The zero-order valence-corrected chi connectivity index (χ0v) is 8.07. The first-order valence-electron chi connectivity index (χ1n) is 3.51. The number of nitrogens with one attached hydrogen (secondary N) is 2. The number of hydrogen-bond acceptors (Lipinski definition) is 4. The van der Waals surface area contributed by atoms with E-state index >= 15 is 0 Å². The zero-order chi connectivity index (χ0) is 9.14. The summed E-state index contributed by atoms with van der Waals surface area (Å²) in [5.74, 6) is 0.251. The van der Waals surface area contributed by atoms with Gasteiger partial charge in [-0.15, -0.1) is 0 Å². The SMILES string of the molecule is O=C1N[C@H](CS)C(=O)N[C@H]1CS. The molecule has 12 heavy (non-hydrogen) atoms. The summed E-state index contributed by atoms with van der Waals surface area (Å²) in [5, 5.41) is 5.08. The van der Waals surface area contributed by atoms with Crippen LogP contribution in [0.3, 0.4) is 0 Å². The van der Waals surface area contributed by atoms with E-state index in [1.807, 2.05) is 0 Å². The highest BCUT2D eigenvalue weighted by molar-refractivity contribution is 7.80. The molecule has 0 bridgehead atoms. The van der Waals surface area contributed by atoms with Gasteiger partial charge in [0, 0.05) is 11.5 Å². The Hall–Kier alpha value is -0.360. The van der Waals surface area contributed by atoms with Crippen LogP contribution in [0.15, 0.2) is 0 Å². The van der Waals surface area contributed by atoms with Crippen LogP contribution in [0.4, 0.5) is 0 Å². The van der Waals surface area contributed by atoms with Crippen LogP contribution in [0.25, 0.3) is 0 Å². The first-order valence-corrected chi connectivity index (χ1v) is 4.78. The summed E-state index contributed by atoms with van der Waals surface area (Å²) in [4.78, 5) is 22.3. The second kappa shape index (κ2) is 4.04. The van der Waals surface area contributed by atoms with Crippen LogP contribution >= 0.6 is 25.3 Å². The van der Waals surface area contributed by atoms with Crippen molar-refractivity contribution in [1.29, 1.82) is 0 Å². The van der Waals surface area contributed by atoms with E-state index in [4.69, 9.17) is 0 Å². The first kappa shape index (κ1) is 9.73. The predicted molar refractivity (Wildman–Crippen MR) is 51.6 cm³/mol. The Bertz CT molecular complexity index is 188. The first-order chi connectivity index (χ1) is 5.69. The Kier molecular flexibility index (Phi) is 3.28. The van der Waals surface area contributed by atoms with E-state index < -0.39 is 12.1 Å². The van der Waals surface area contributed by atoms with Crippen LogP contribution in [-0.2, 0) is 9.59 Å². The lowest BCUT2D eigenvalue weighted by Crippen LogP contribution is -2.62. The second-order valence-corrected chi connectivity index (χ2v) is 3.22. The third kappa shape index (κ3) is 1.87. The van der Waals surface area contributed by atoms with E-state index in [1.165, 1.54) is 0 Å². The molecule has 0 aromatic carbocycles. The lowest BCUT2D eigenvalue weighted by Gasteiger charge is -2.27. The van der Waals surface area contributed by atoms with Gasteiger partial charge in [0.2, 0.25) is 11.8 Å².